The van der Waals surface area contributed by atoms with Gasteiger partial charge in [-0.25, -0.2) is 9.18 Å². The lowest BCUT2D eigenvalue weighted by atomic mass is 9.93. The molecule has 0 radical (unpaired) electrons. The molecule has 0 spiro atoms. The molecule has 7 nitrogen and oxygen atoms in total. The first kappa shape index (κ1) is 24.5. The van der Waals surface area contributed by atoms with E-state index >= 15 is 0 Å². The Kier molecular flexibility index (Phi) is 6.45. The molecule has 0 aliphatic carbocycles. The third-order valence-electron chi connectivity index (χ3n) is 5.53. The van der Waals surface area contributed by atoms with Gasteiger partial charge in [0.1, 0.15) is 11.5 Å². The van der Waals surface area contributed by atoms with E-state index in [1.807, 2.05) is 20.8 Å². The minimum Gasteiger partial charge on any atom is -0.340 e. The summed E-state index contributed by atoms with van der Waals surface area (Å²) in [6.45, 7) is 7.06. The third-order valence-corrected chi connectivity index (χ3v) is 5.53. The maximum atomic E-state index is 13.5. The molecule has 3 rings (SSSR count). The number of aromatic nitrogens is 2. The summed E-state index contributed by atoms with van der Waals surface area (Å²) in [4.78, 5) is 28.6. The van der Waals surface area contributed by atoms with Crippen LogP contribution in [0.1, 0.15) is 48.1 Å². The van der Waals surface area contributed by atoms with Crippen LogP contribution in [0, 0.1) is 11.2 Å². The molecular formula is C22H27F4N5O2. The van der Waals surface area contributed by atoms with E-state index in [9.17, 15) is 27.2 Å². The Bertz CT molecular complexity index is 1080. The van der Waals surface area contributed by atoms with Gasteiger partial charge in [-0.05, 0) is 24.6 Å². The van der Waals surface area contributed by atoms with Gasteiger partial charge >= 0.3 is 12.2 Å². The number of nitrogens with zero attached hydrogens (tertiary/aromatic N) is 4. The van der Waals surface area contributed by atoms with Crippen LogP contribution < -0.4 is 5.32 Å². The van der Waals surface area contributed by atoms with E-state index in [1.54, 1.807) is 16.6 Å². The third kappa shape index (κ3) is 5.12. The average Bonchev–Trinajstić information content (AvgIpc) is 2.99. The molecule has 1 aromatic heterocycles. The number of carbonyl (C=O) groups is 2. The molecule has 0 unspecified atom stereocenters. The van der Waals surface area contributed by atoms with E-state index in [0.717, 1.165) is 6.07 Å². The van der Waals surface area contributed by atoms with Gasteiger partial charge in [0.25, 0.3) is 5.91 Å². The summed E-state index contributed by atoms with van der Waals surface area (Å²) in [5, 5.41) is 6.95. The topological polar surface area (TPSA) is 70.5 Å². The Morgan fingerprint density at radius 1 is 1.27 bits per heavy atom. The van der Waals surface area contributed by atoms with Crippen LogP contribution in [0.5, 0.6) is 0 Å². The summed E-state index contributed by atoms with van der Waals surface area (Å²) >= 11 is 0. The van der Waals surface area contributed by atoms with Crippen molar-refractivity contribution in [2.24, 2.45) is 5.41 Å². The molecular weight excluding hydrogens is 442 g/mol. The first-order valence-corrected chi connectivity index (χ1v) is 10.5. The van der Waals surface area contributed by atoms with E-state index in [0.29, 0.717) is 48.6 Å². The van der Waals surface area contributed by atoms with Gasteiger partial charge in [-0.2, -0.15) is 18.3 Å². The fourth-order valence-electron chi connectivity index (χ4n) is 4.05. The first-order chi connectivity index (χ1) is 15.2. The molecule has 2 heterocycles. The number of alkyl halides is 3. The normalized spacial score (nSPS) is 15.8. The van der Waals surface area contributed by atoms with Crippen LogP contribution in [0.2, 0.25) is 0 Å². The summed E-state index contributed by atoms with van der Waals surface area (Å²) in [6.07, 6.45) is -4.35. The Hall–Kier alpha value is -3.11. The second-order valence-electron chi connectivity index (χ2n) is 9.09. The number of benzene rings is 1. The summed E-state index contributed by atoms with van der Waals surface area (Å²) in [5.41, 5.74) is -0.186. The van der Waals surface area contributed by atoms with Crippen molar-refractivity contribution >= 4 is 17.6 Å². The molecule has 3 amide bonds. The second-order valence-corrected chi connectivity index (χ2v) is 9.09. The highest BCUT2D eigenvalue weighted by Gasteiger charge is 2.36. The number of carbonyl (C=O) groups excluding carboxylic acids is 2. The van der Waals surface area contributed by atoms with Crippen molar-refractivity contribution in [2.45, 2.75) is 46.5 Å². The van der Waals surface area contributed by atoms with E-state index < -0.39 is 23.6 Å². The van der Waals surface area contributed by atoms with Crippen molar-refractivity contribution in [3.8, 4) is 0 Å². The molecule has 1 N–H and O–H groups in total. The number of aryl methyl sites for hydroxylation is 1. The zero-order chi connectivity index (χ0) is 24.7. The summed E-state index contributed by atoms with van der Waals surface area (Å²) in [5.74, 6) is -1.63. The minimum atomic E-state index is -4.89. The van der Waals surface area contributed by atoms with Crippen molar-refractivity contribution in [2.75, 3.05) is 26.0 Å². The standard InChI is InChI=1S/C22H27F4N5O2/c1-6-17-14(18-19(32)30(5)11-21(2,3)12-31(18)28-17)10-29(4)20(33)27-13-7-8-16(23)15(9-13)22(24,25)26/h7-9H,6,10-12H2,1-5H3,(H,27,33). The number of hydrogen-bond acceptors (Lipinski definition) is 3. The Balaban J connectivity index is 1.86. The van der Waals surface area contributed by atoms with Crippen molar-refractivity contribution in [3.63, 3.8) is 0 Å². The van der Waals surface area contributed by atoms with Gasteiger partial charge in [-0.3, -0.25) is 9.48 Å². The molecule has 0 bridgehead atoms. The molecule has 0 atom stereocenters. The Morgan fingerprint density at radius 3 is 2.55 bits per heavy atom. The molecule has 1 aromatic carbocycles. The predicted molar refractivity (Wildman–Crippen MR) is 114 cm³/mol. The van der Waals surface area contributed by atoms with Crippen LogP contribution in [-0.4, -0.2) is 52.2 Å². The number of fused-ring (bicyclic) bond motifs is 1. The SMILES string of the molecule is CCc1nn2c(c1CN(C)C(=O)Nc1ccc(F)c(C(F)(F)F)c1)C(=O)N(C)CC(C)(C)C2. The van der Waals surface area contributed by atoms with Crippen LogP contribution >= 0.6 is 0 Å². The minimum absolute atomic E-state index is 0.0255. The van der Waals surface area contributed by atoms with Gasteiger partial charge in [0, 0.05) is 43.9 Å². The van der Waals surface area contributed by atoms with Crippen LogP contribution in [-0.2, 0) is 25.7 Å². The summed E-state index contributed by atoms with van der Waals surface area (Å²) in [7, 11) is 3.17. The largest absolute Gasteiger partial charge is 0.419 e. The maximum absolute atomic E-state index is 13.5. The highest BCUT2D eigenvalue weighted by Crippen LogP contribution is 2.33. The van der Waals surface area contributed by atoms with Gasteiger partial charge in [0.2, 0.25) is 0 Å². The van der Waals surface area contributed by atoms with E-state index in [-0.39, 0.29) is 23.6 Å². The van der Waals surface area contributed by atoms with E-state index in [1.165, 1.54) is 11.9 Å². The van der Waals surface area contributed by atoms with Gasteiger partial charge in [-0.15, -0.1) is 0 Å². The number of anilines is 1. The summed E-state index contributed by atoms with van der Waals surface area (Å²) in [6, 6.07) is 1.55. The zero-order valence-corrected chi connectivity index (χ0v) is 19.2. The number of nitrogens with one attached hydrogen (secondary N) is 1. The van der Waals surface area contributed by atoms with Crippen LogP contribution in [0.4, 0.5) is 28.0 Å². The number of rotatable bonds is 4. The second kappa shape index (κ2) is 8.68. The van der Waals surface area contributed by atoms with E-state index in [2.05, 4.69) is 10.4 Å². The molecule has 1 aliphatic heterocycles. The molecule has 2 aromatic rings. The van der Waals surface area contributed by atoms with Gasteiger partial charge < -0.3 is 15.1 Å². The van der Waals surface area contributed by atoms with Crippen molar-refractivity contribution in [3.05, 3.63) is 46.5 Å². The quantitative estimate of drug-likeness (QED) is 0.676. The van der Waals surface area contributed by atoms with Crippen molar-refractivity contribution < 1.29 is 27.2 Å². The average molecular weight is 469 g/mol. The zero-order valence-electron chi connectivity index (χ0n) is 19.2. The Morgan fingerprint density at radius 2 is 1.94 bits per heavy atom. The fourth-order valence-corrected chi connectivity index (χ4v) is 4.05. The van der Waals surface area contributed by atoms with Crippen LogP contribution in [0.3, 0.4) is 0 Å². The predicted octanol–water partition coefficient (Wildman–Crippen LogP) is 4.38. The first-order valence-electron chi connectivity index (χ1n) is 10.5. The number of halogens is 4. The molecule has 0 saturated carbocycles. The van der Waals surface area contributed by atoms with Gasteiger partial charge in [0.15, 0.2) is 0 Å². The highest BCUT2D eigenvalue weighted by molar-refractivity contribution is 5.95. The smallest absolute Gasteiger partial charge is 0.340 e. The Labute approximate surface area is 189 Å². The molecule has 11 heteroatoms. The molecule has 33 heavy (non-hydrogen) atoms. The monoisotopic (exact) mass is 469 g/mol. The molecule has 180 valence electrons. The number of hydrogen-bond donors (Lipinski definition) is 1. The maximum Gasteiger partial charge on any atom is 0.419 e. The lowest BCUT2D eigenvalue weighted by Gasteiger charge is -2.26. The van der Waals surface area contributed by atoms with Crippen molar-refractivity contribution in [1.29, 1.82) is 0 Å². The highest BCUT2D eigenvalue weighted by atomic mass is 19.4. The van der Waals surface area contributed by atoms with Crippen LogP contribution in [0.25, 0.3) is 0 Å². The number of urea groups is 1. The lowest BCUT2D eigenvalue weighted by Crippen LogP contribution is -2.35. The summed E-state index contributed by atoms with van der Waals surface area (Å²) < 4.78 is 54.1. The number of amides is 3. The fraction of sp³-hybridized carbons (Fsp3) is 0.500. The molecule has 0 saturated heterocycles. The molecule has 0 fully saturated rings. The molecule has 1 aliphatic rings. The van der Waals surface area contributed by atoms with Gasteiger partial charge in [0.05, 0.1) is 17.8 Å². The van der Waals surface area contributed by atoms with Crippen LogP contribution in [0.15, 0.2) is 18.2 Å². The lowest BCUT2D eigenvalue weighted by molar-refractivity contribution is -0.139. The van der Waals surface area contributed by atoms with Crippen molar-refractivity contribution in [1.82, 2.24) is 19.6 Å². The van der Waals surface area contributed by atoms with E-state index in [4.69, 9.17) is 0 Å². The van der Waals surface area contributed by atoms with Gasteiger partial charge in [-0.1, -0.05) is 20.8 Å².